The molecule has 0 N–H and O–H groups in total. The average molecular weight is 317 g/mol. The Morgan fingerprint density at radius 1 is 1.32 bits per heavy atom. The molecule has 0 aromatic heterocycles. The van der Waals surface area contributed by atoms with Crippen LogP contribution in [0.3, 0.4) is 0 Å². The van der Waals surface area contributed by atoms with E-state index in [0.29, 0.717) is 16.3 Å². The van der Waals surface area contributed by atoms with Crippen molar-refractivity contribution in [3.8, 4) is 5.75 Å². The predicted molar refractivity (Wildman–Crippen MR) is 86.4 cm³/mol. The van der Waals surface area contributed by atoms with Crippen LogP contribution in [0.4, 0.5) is 0 Å². The quantitative estimate of drug-likeness (QED) is 0.430. The summed E-state index contributed by atoms with van der Waals surface area (Å²) in [5.41, 5.74) is 0.519. The number of hydrogen-bond donors (Lipinski definition) is 0. The summed E-state index contributed by atoms with van der Waals surface area (Å²) in [7, 11) is -1.95. The summed E-state index contributed by atoms with van der Waals surface area (Å²) < 4.78 is 6.18. The number of thioether (sulfide) groups is 1. The highest BCUT2D eigenvalue weighted by Gasteiger charge is 2.39. The van der Waals surface area contributed by atoms with E-state index in [1.54, 1.807) is 0 Å². The molecule has 0 saturated heterocycles. The van der Waals surface area contributed by atoms with E-state index in [0.717, 1.165) is 11.2 Å². The van der Waals surface area contributed by atoms with Gasteiger partial charge in [-0.1, -0.05) is 32.4 Å². The maximum Gasteiger partial charge on any atom is 0.250 e. The third-order valence-corrected chi connectivity index (χ3v) is 9.14. The lowest BCUT2D eigenvalue weighted by molar-refractivity contribution is 0.112. The molecule has 0 bridgehead atoms. The van der Waals surface area contributed by atoms with Crippen LogP contribution in [-0.4, -0.2) is 20.9 Å². The summed E-state index contributed by atoms with van der Waals surface area (Å²) in [5.74, 6) is 0.619. The molecule has 0 fully saturated rings. The third kappa shape index (κ3) is 3.55. The van der Waals surface area contributed by atoms with Crippen molar-refractivity contribution in [2.45, 2.75) is 43.8 Å². The van der Waals surface area contributed by atoms with E-state index < -0.39 is 8.32 Å². The normalized spacial score (nSPS) is 12.4. The molecule has 106 valence electrons. The molecule has 1 aromatic carbocycles. The van der Waals surface area contributed by atoms with E-state index in [1.165, 1.54) is 11.8 Å². The molecule has 5 heteroatoms. The molecule has 19 heavy (non-hydrogen) atoms. The largest absolute Gasteiger partial charge is 0.542 e. The summed E-state index contributed by atoms with van der Waals surface area (Å²) in [6.07, 6.45) is 2.72. The highest BCUT2D eigenvalue weighted by Crippen LogP contribution is 2.41. The molecular formula is C14H21ClO2SSi. The van der Waals surface area contributed by atoms with Crippen LogP contribution in [-0.2, 0) is 0 Å². The Bertz CT molecular complexity index is 481. The van der Waals surface area contributed by atoms with Gasteiger partial charge in [0, 0.05) is 4.90 Å². The van der Waals surface area contributed by atoms with Gasteiger partial charge in [0.1, 0.15) is 5.75 Å². The van der Waals surface area contributed by atoms with E-state index in [2.05, 4.69) is 33.9 Å². The summed E-state index contributed by atoms with van der Waals surface area (Å²) in [6, 6.07) is 3.75. The summed E-state index contributed by atoms with van der Waals surface area (Å²) in [5, 5.41) is 0.516. The van der Waals surface area contributed by atoms with Crippen molar-refractivity contribution in [2.24, 2.45) is 0 Å². The molecule has 1 aromatic rings. The van der Waals surface area contributed by atoms with Crippen molar-refractivity contribution in [1.82, 2.24) is 0 Å². The minimum Gasteiger partial charge on any atom is -0.542 e. The van der Waals surface area contributed by atoms with Crippen LogP contribution < -0.4 is 4.43 Å². The molecule has 0 aliphatic heterocycles. The Hall–Kier alpha value is -0.453. The maximum atomic E-state index is 11.2. The molecule has 0 aliphatic rings. The average Bonchev–Trinajstić information content (AvgIpc) is 2.29. The topological polar surface area (TPSA) is 26.3 Å². The zero-order chi connectivity index (χ0) is 14.8. The number of rotatable bonds is 4. The smallest absolute Gasteiger partial charge is 0.250 e. The van der Waals surface area contributed by atoms with Gasteiger partial charge in [-0.2, -0.15) is 0 Å². The van der Waals surface area contributed by atoms with Gasteiger partial charge in [0.05, 0.1) is 10.6 Å². The lowest BCUT2D eigenvalue weighted by atomic mass is 10.2. The first-order valence-electron chi connectivity index (χ1n) is 6.14. The van der Waals surface area contributed by atoms with Gasteiger partial charge < -0.3 is 4.43 Å². The molecule has 0 unspecified atom stereocenters. The Morgan fingerprint density at radius 2 is 1.89 bits per heavy atom. The minimum absolute atomic E-state index is 0.0931. The number of benzene rings is 1. The molecule has 0 radical (unpaired) electrons. The van der Waals surface area contributed by atoms with E-state index >= 15 is 0 Å². The van der Waals surface area contributed by atoms with E-state index in [1.807, 2.05) is 18.4 Å². The lowest BCUT2D eigenvalue weighted by Gasteiger charge is -2.36. The summed E-state index contributed by atoms with van der Waals surface area (Å²) in [6.45, 7) is 10.8. The van der Waals surface area contributed by atoms with Gasteiger partial charge in [0.25, 0.3) is 8.32 Å². The number of hydrogen-bond acceptors (Lipinski definition) is 3. The van der Waals surface area contributed by atoms with Crippen LogP contribution in [0.2, 0.25) is 23.2 Å². The Balaban J connectivity index is 3.21. The maximum absolute atomic E-state index is 11.2. The zero-order valence-electron chi connectivity index (χ0n) is 12.3. The molecule has 0 heterocycles. The first-order valence-corrected chi connectivity index (χ1v) is 10.7. The van der Waals surface area contributed by atoms with Crippen molar-refractivity contribution < 1.29 is 9.22 Å². The predicted octanol–water partition coefficient (Wildman–Crippen LogP) is 5.26. The fourth-order valence-corrected chi connectivity index (χ4v) is 3.32. The highest BCUT2D eigenvalue weighted by atomic mass is 35.5. The van der Waals surface area contributed by atoms with Crippen LogP contribution in [0.25, 0.3) is 0 Å². The van der Waals surface area contributed by atoms with Crippen LogP contribution in [0.15, 0.2) is 17.0 Å². The first-order chi connectivity index (χ1) is 8.64. The molecule has 0 atom stereocenters. The van der Waals surface area contributed by atoms with Crippen LogP contribution in [0, 0.1) is 0 Å². The Labute approximate surface area is 126 Å². The molecule has 0 aliphatic carbocycles. The van der Waals surface area contributed by atoms with Gasteiger partial charge in [0.15, 0.2) is 6.29 Å². The van der Waals surface area contributed by atoms with Gasteiger partial charge in [-0.25, -0.2) is 0 Å². The lowest BCUT2D eigenvalue weighted by Crippen LogP contribution is -2.44. The number of aldehydes is 1. The van der Waals surface area contributed by atoms with Crippen LogP contribution in [0.1, 0.15) is 31.1 Å². The van der Waals surface area contributed by atoms with Gasteiger partial charge in [-0.3, -0.25) is 4.79 Å². The second-order valence-corrected chi connectivity index (χ2v) is 11.9. The molecule has 0 saturated carbocycles. The van der Waals surface area contributed by atoms with Gasteiger partial charge in [-0.05, 0) is 36.5 Å². The summed E-state index contributed by atoms with van der Waals surface area (Å²) >= 11 is 7.81. The fourth-order valence-electron chi connectivity index (χ4n) is 1.35. The van der Waals surface area contributed by atoms with E-state index in [-0.39, 0.29) is 5.04 Å². The second kappa shape index (κ2) is 5.90. The van der Waals surface area contributed by atoms with Gasteiger partial charge in [0.2, 0.25) is 0 Å². The SMILES string of the molecule is CSc1ccc(O[Si](C)(C)C(C)(C)C)c(Cl)c1C=O. The Morgan fingerprint density at radius 3 is 2.32 bits per heavy atom. The van der Waals surface area contributed by atoms with Gasteiger partial charge >= 0.3 is 0 Å². The zero-order valence-corrected chi connectivity index (χ0v) is 14.9. The highest BCUT2D eigenvalue weighted by molar-refractivity contribution is 7.98. The molecular weight excluding hydrogens is 296 g/mol. The van der Waals surface area contributed by atoms with Crippen molar-refractivity contribution in [3.05, 3.63) is 22.7 Å². The van der Waals surface area contributed by atoms with Crippen LogP contribution >= 0.6 is 23.4 Å². The van der Waals surface area contributed by atoms with Crippen molar-refractivity contribution in [1.29, 1.82) is 0 Å². The number of carbonyl (C=O) groups excluding carboxylic acids is 1. The molecule has 1 rings (SSSR count). The van der Waals surface area contributed by atoms with Crippen LogP contribution in [0.5, 0.6) is 5.75 Å². The number of halogens is 1. The van der Waals surface area contributed by atoms with Crippen molar-refractivity contribution >= 4 is 38.0 Å². The van der Waals surface area contributed by atoms with Gasteiger partial charge in [-0.15, -0.1) is 11.8 Å². The van der Waals surface area contributed by atoms with Crippen molar-refractivity contribution in [3.63, 3.8) is 0 Å². The third-order valence-electron chi connectivity index (χ3n) is 3.61. The second-order valence-electron chi connectivity index (χ2n) is 5.97. The standard InChI is InChI=1S/C14H21ClO2SSi/c1-14(2,3)19(5,6)17-11-7-8-12(18-4)10(9-16)13(11)15/h7-9H,1-6H3. The monoisotopic (exact) mass is 316 g/mol. The summed E-state index contributed by atoms with van der Waals surface area (Å²) in [4.78, 5) is 12.1. The molecule has 2 nitrogen and oxygen atoms in total. The van der Waals surface area contributed by atoms with E-state index in [9.17, 15) is 4.79 Å². The minimum atomic E-state index is -1.95. The first kappa shape index (κ1) is 16.6. The number of carbonyl (C=O) groups is 1. The molecule has 0 amide bonds. The molecule has 0 spiro atoms. The fraction of sp³-hybridized carbons (Fsp3) is 0.500. The van der Waals surface area contributed by atoms with E-state index in [4.69, 9.17) is 16.0 Å². The van der Waals surface area contributed by atoms with Crippen molar-refractivity contribution in [2.75, 3.05) is 6.26 Å². The Kier molecular flexibility index (Phi) is 5.15.